The van der Waals surface area contributed by atoms with Crippen LogP contribution in [-0.4, -0.2) is 41.9 Å². The van der Waals surface area contributed by atoms with Crippen molar-refractivity contribution >= 4 is 11.6 Å². The van der Waals surface area contributed by atoms with E-state index >= 15 is 0 Å². The molecule has 1 aliphatic rings. The molecular weight excluding hydrogens is 422 g/mol. The molecule has 0 saturated carbocycles. The molecule has 6 nitrogen and oxygen atoms in total. The first-order valence-corrected chi connectivity index (χ1v) is 11.2. The zero-order valence-corrected chi connectivity index (χ0v) is 18.8. The van der Waals surface area contributed by atoms with Gasteiger partial charge in [0.2, 0.25) is 0 Å². The summed E-state index contributed by atoms with van der Waals surface area (Å²) in [5.41, 5.74) is 3.75. The Labute approximate surface area is 200 Å². The fraction of sp³-hybridized carbons (Fsp3) is 0.179. The molecule has 4 rings (SSSR count). The number of nitrogens with zero attached hydrogens (tertiary/aromatic N) is 4. The molecule has 1 N–H and O–H groups in total. The summed E-state index contributed by atoms with van der Waals surface area (Å²) >= 11 is 0. The molecule has 168 valence electrons. The second-order valence-electron chi connectivity index (χ2n) is 8.06. The van der Waals surface area contributed by atoms with E-state index in [1.165, 1.54) is 17.3 Å². The molecule has 1 saturated heterocycles. The van der Waals surface area contributed by atoms with Gasteiger partial charge in [-0.15, -0.1) is 0 Å². The monoisotopic (exact) mass is 447 g/mol. The highest BCUT2D eigenvalue weighted by atomic mass is 16.2. The molecule has 0 radical (unpaired) electrons. The van der Waals surface area contributed by atoms with Crippen molar-refractivity contribution in [2.45, 2.75) is 6.04 Å². The Morgan fingerprint density at radius 1 is 0.824 bits per heavy atom. The van der Waals surface area contributed by atoms with Gasteiger partial charge in [-0.3, -0.25) is 9.69 Å². The number of carbonyl (C=O) groups is 1. The van der Waals surface area contributed by atoms with Gasteiger partial charge in [0.05, 0.1) is 17.7 Å². The summed E-state index contributed by atoms with van der Waals surface area (Å²) in [6, 6.07) is 31.8. The van der Waals surface area contributed by atoms with Crippen LogP contribution in [0.5, 0.6) is 0 Å². The molecule has 6 heteroatoms. The summed E-state index contributed by atoms with van der Waals surface area (Å²) < 4.78 is 0. The number of carbonyl (C=O) groups excluding carboxylic acids is 1. The SMILES string of the molecule is N#C/C(=C/Nc1ccc(C#N)cc1)C(=O)N1CCN(C(c2ccccc2)c2ccccc2)CC1. The highest BCUT2D eigenvalue weighted by molar-refractivity contribution is 5.97. The molecule has 3 aromatic carbocycles. The van der Waals surface area contributed by atoms with Gasteiger partial charge in [-0.25, -0.2) is 0 Å². The maximum Gasteiger partial charge on any atom is 0.266 e. The average Bonchev–Trinajstić information content (AvgIpc) is 2.91. The van der Waals surface area contributed by atoms with Crippen LogP contribution in [0, 0.1) is 22.7 Å². The number of nitriles is 2. The molecule has 0 unspecified atom stereocenters. The number of benzene rings is 3. The Balaban J connectivity index is 1.43. The maximum absolute atomic E-state index is 13.0. The first-order valence-electron chi connectivity index (χ1n) is 11.2. The number of rotatable bonds is 6. The zero-order valence-electron chi connectivity index (χ0n) is 18.8. The van der Waals surface area contributed by atoms with Gasteiger partial charge in [-0.1, -0.05) is 60.7 Å². The summed E-state index contributed by atoms with van der Waals surface area (Å²) in [7, 11) is 0. The Morgan fingerprint density at radius 2 is 1.38 bits per heavy atom. The summed E-state index contributed by atoms with van der Waals surface area (Å²) in [6.07, 6.45) is 1.44. The topological polar surface area (TPSA) is 83.2 Å². The predicted molar refractivity (Wildman–Crippen MR) is 131 cm³/mol. The summed E-state index contributed by atoms with van der Waals surface area (Å²) in [4.78, 5) is 17.1. The standard InChI is InChI=1S/C28H25N5O/c29-19-22-11-13-26(14-12-22)31-21-25(20-30)28(34)33-17-15-32(16-18-33)27(23-7-3-1-4-8-23)24-9-5-2-6-10-24/h1-14,21,27,31H,15-18H2/b25-21-. The van der Waals surface area contributed by atoms with Crippen molar-refractivity contribution in [2.75, 3.05) is 31.5 Å². The third-order valence-corrected chi connectivity index (χ3v) is 5.95. The zero-order chi connectivity index (χ0) is 23.8. The lowest BCUT2D eigenvalue weighted by Crippen LogP contribution is -2.50. The number of hydrogen-bond acceptors (Lipinski definition) is 5. The molecule has 1 aliphatic heterocycles. The van der Waals surface area contributed by atoms with Crippen LogP contribution < -0.4 is 5.32 Å². The molecule has 0 spiro atoms. The van der Waals surface area contributed by atoms with Crippen LogP contribution >= 0.6 is 0 Å². The van der Waals surface area contributed by atoms with Crippen LogP contribution in [0.15, 0.2) is 96.7 Å². The van der Waals surface area contributed by atoms with Gasteiger partial charge in [0, 0.05) is 38.1 Å². The summed E-state index contributed by atoms with van der Waals surface area (Å²) in [5, 5.41) is 21.5. The van der Waals surface area contributed by atoms with E-state index in [0.717, 1.165) is 0 Å². The highest BCUT2D eigenvalue weighted by Gasteiger charge is 2.29. The molecule has 0 aliphatic carbocycles. The fourth-order valence-corrected chi connectivity index (χ4v) is 4.18. The first-order chi connectivity index (χ1) is 16.7. The highest BCUT2D eigenvalue weighted by Crippen LogP contribution is 2.29. The second kappa shape index (κ2) is 11.0. The van der Waals surface area contributed by atoms with Gasteiger partial charge in [0.25, 0.3) is 5.91 Å². The normalized spacial score (nSPS) is 14.3. The van der Waals surface area contributed by atoms with Gasteiger partial charge >= 0.3 is 0 Å². The van der Waals surface area contributed by atoms with Crippen LogP contribution in [-0.2, 0) is 4.79 Å². The number of hydrogen-bond donors (Lipinski definition) is 1. The minimum Gasteiger partial charge on any atom is -0.360 e. The number of amides is 1. The molecule has 0 bridgehead atoms. The van der Waals surface area contributed by atoms with Crippen molar-refractivity contribution in [1.82, 2.24) is 9.80 Å². The van der Waals surface area contributed by atoms with Crippen LogP contribution in [0.3, 0.4) is 0 Å². The van der Waals surface area contributed by atoms with Gasteiger partial charge in [-0.05, 0) is 35.4 Å². The second-order valence-corrected chi connectivity index (χ2v) is 8.06. The predicted octanol–water partition coefficient (Wildman–Crippen LogP) is 4.31. The fourth-order valence-electron chi connectivity index (χ4n) is 4.18. The van der Waals surface area contributed by atoms with Crippen molar-refractivity contribution in [1.29, 1.82) is 10.5 Å². The van der Waals surface area contributed by atoms with Crippen molar-refractivity contribution in [3.63, 3.8) is 0 Å². The van der Waals surface area contributed by atoms with Gasteiger partial charge in [0.15, 0.2) is 0 Å². The Morgan fingerprint density at radius 3 is 1.88 bits per heavy atom. The quantitative estimate of drug-likeness (QED) is 0.450. The minimum absolute atomic E-state index is 0.0560. The van der Waals surface area contributed by atoms with E-state index in [4.69, 9.17) is 5.26 Å². The van der Waals surface area contributed by atoms with E-state index in [-0.39, 0.29) is 17.5 Å². The maximum atomic E-state index is 13.0. The average molecular weight is 448 g/mol. The summed E-state index contributed by atoms with van der Waals surface area (Å²) in [5.74, 6) is -0.278. The van der Waals surface area contributed by atoms with Crippen molar-refractivity contribution < 1.29 is 4.79 Å². The van der Waals surface area contributed by atoms with E-state index < -0.39 is 0 Å². The van der Waals surface area contributed by atoms with Crippen molar-refractivity contribution in [3.05, 3.63) is 113 Å². The third-order valence-electron chi connectivity index (χ3n) is 5.95. The van der Waals surface area contributed by atoms with Gasteiger partial charge in [0.1, 0.15) is 11.6 Å². The minimum atomic E-state index is -0.278. The van der Waals surface area contributed by atoms with E-state index in [1.54, 1.807) is 29.2 Å². The van der Waals surface area contributed by atoms with E-state index in [0.29, 0.717) is 37.4 Å². The van der Waals surface area contributed by atoms with Gasteiger partial charge < -0.3 is 10.2 Å². The third kappa shape index (κ3) is 5.32. The molecule has 34 heavy (non-hydrogen) atoms. The van der Waals surface area contributed by atoms with E-state index in [1.807, 2.05) is 18.2 Å². The molecule has 1 amide bonds. The van der Waals surface area contributed by atoms with Crippen LogP contribution in [0.2, 0.25) is 0 Å². The smallest absolute Gasteiger partial charge is 0.266 e. The molecule has 1 heterocycles. The van der Waals surface area contributed by atoms with Crippen LogP contribution in [0.1, 0.15) is 22.7 Å². The number of anilines is 1. The summed E-state index contributed by atoms with van der Waals surface area (Å²) in [6.45, 7) is 2.51. The number of piperazine rings is 1. The number of nitrogens with one attached hydrogen (secondary N) is 1. The van der Waals surface area contributed by atoms with Gasteiger partial charge in [-0.2, -0.15) is 10.5 Å². The Hall–Kier alpha value is -4.39. The molecule has 0 atom stereocenters. The first kappa shape index (κ1) is 22.8. The lowest BCUT2D eigenvalue weighted by atomic mass is 9.96. The van der Waals surface area contributed by atoms with Crippen LogP contribution in [0.25, 0.3) is 0 Å². The largest absolute Gasteiger partial charge is 0.360 e. The molecule has 1 fully saturated rings. The van der Waals surface area contributed by atoms with E-state index in [2.05, 4.69) is 64.8 Å². The van der Waals surface area contributed by atoms with E-state index in [9.17, 15) is 10.1 Å². The Kier molecular flexibility index (Phi) is 7.35. The molecule has 3 aromatic rings. The molecular formula is C28H25N5O. The van der Waals surface area contributed by atoms with Crippen molar-refractivity contribution in [3.8, 4) is 12.1 Å². The van der Waals surface area contributed by atoms with Crippen molar-refractivity contribution in [2.24, 2.45) is 0 Å². The molecule has 0 aromatic heterocycles. The lowest BCUT2D eigenvalue weighted by molar-refractivity contribution is -0.128. The lowest BCUT2D eigenvalue weighted by Gasteiger charge is -2.39. The Bertz CT molecular complexity index is 1180. The van der Waals surface area contributed by atoms with Crippen LogP contribution in [0.4, 0.5) is 5.69 Å².